The molecule has 3 saturated heterocycles. The fraction of sp³-hybridized carbons (Fsp3) is 0.423. The number of hydrogen-bond acceptors (Lipinski definition) is 6. The summed E-state index contributed by atoms with van der Waals surface area (Å²) < 4.78 is 5.42. The SMILES string of the molecule is O=C(Nc1cc(Cl)cc(Cl)c1)[C@H]1[C@H]2CCCN2[C@]2(C(=O)Nc3c(Cl)cc(Cl)cc32)[C@H]1C(=O)NN1CCOCC1. The molecule has 13 heteroatoms. The summed E-state index contributed by atoms with van der Waals surface area (Å²) in [6, 6.07) is 7.57. The first-order valence-electron chi connectivity index (χ1n) is 12.7. The van der Waals surface area contributed by atoms with E-state index >= 15 is 0 Å². The first kappa shape index (κ1) is 27.1. The molecule has 0 saturated carbocycles. The van der Waals surface area contributed by atoms with Crippen LogP contribution < -0.4 is 16.1 Å². The van der Waals surface area contributed by atoms with Crippen molar-refractivity contribution >= 4 is 75.5 Å². The van der Waals surface area contributed by atoms with Crippen molar-refractivity contribution in [3.8, 4) is 0 Å². The number of nitrogens with one attached hydrogen (secondary N) is 3. The standard InChI is InChI=1S/C26H25Cl4N5O4/c27-13-8-14(28)10-16(9-13)31-23(36)20-19-2-1-3-35(19)26(21(20)24(37)33-34-4-6-39-7-5-34)17-11-15(29)12-18(30)22(17)32-25(26)38/h8-12,19-21H,1-7H2,(H,31,36)(H,32,38)(H,33,37)/t19-,20+,21-,26+/m1/s1. The van der Waals surface area contributed by atoms with E-state index in [0.717, 1.165) is 6.42 Å². The Morgan fingerprint density at radius 1 is 0.949 bits per heavy atom. The summed E-state index contributed by atoms with van der Waals surface area (Å²) >= 11 is 25.3. The van der Waals surface area contributed by atoms with E-state index < -0.39 is 35.1 Å². The molecular formula is C26H25Cl4N5O4. The van der Waals surface area contributed by atoms with Crippen molar-refractivity contribution < 1.29 is 19.1 Å². The molecular weight excluding hydrogens is 588 g/mol. The van der Waals surface area contributed by atoms with Gasteiger partial charge < -0.3 is 15.4 Å². The topological polar surface area (TPSA) is 103 Å². The summed E-state index contributed by atoms with van der Waals surface area (Å²) in [6.07, 6.45) is 1.39. The van der Waals surface area contributed by atoms with Gasteiger partial charge in [-0.25, -0.2) is 5.01 Å². The number of rotatable bonds is 4. The van der Waals surface area contributed by atoms with E-state index in [-0.39, 0.29) is 11.1 Å². The number of nitrogens with zero attached hydrogens (tertiary/aromatic N) is 2. The van der Waals surface area contributed by atoms with E-state index in [1.54, 1.807) is 35.3 Å². The normalized spacial score (nSPS) is 28.3. The second kappa shape index (κ2) is 10.4. The molecule has 39 heavy (non-hydrogen) atoms. The number of halogens is 4. The lowest BCUT2D eigenvalue weighted by Crippen LogP contribution is -2.58. The highest BCUT2D eigenvalue weighted by Gasteiger charge is 2.71. The van der Waals surface area contributed by atoms with Gasteiger partial charge in [-0.05, 0) is 49.7 Å². The number of hydrogen-bond donors (Lipinski definition) is 3. The van der Waals surface area contributed by atoms with Gasteiger partial charge in [-0.2, -0.15) is 0 Å². The molecule has 1 spiro atoms. The van der Waals surface area contributed by atoms with E-state index in [1.807, 2.05) is 4.90 Å². The third-order valence-electron chi connectivity index (χ3n) is 8.02. The Morgan fingerprint density at radius 3 is 2.36 bits per heavy atom. The van der Waals surface area contributed by atoms with Gasteiger partial charge in [-0.15, -0.1) is 0 Å². The third-order valence-corrected chi connectivity index (χ3v) is 8.97. The Balaban J connectivity index is 1.47. The number of fused-ring (bicyclic) bond motifs is 4. The van der Waals surface area contributed by atoms with E-state index in [9.17, 15) is 14.4 Å². The van der Waals surface area contributed by atoms with Crippen LogP contribution in [0.1, 0.15) is 18.4 Å². The second-order valence-corrected chi connectivity index (χ2v) is 11.9. The Bertz CT molecular complexity index is 1350. The lowest BCUT2D eigenvalue weighted by atomic mass is 9.73. The smallest absolute Gasteiger partial charge is 0.250 e. The fourth-order valence-electron chi connectivity index (χ4n) is 6.62. The van der Waals surface area contributed by atoms with Crippen LogP contribution in [0, 0.1) is 11.8 Å². The highest BCUT2D eigenvalue weighted by molar-refractivity contribution is 6.38. The Hall–Kier alpha value is -2.11. The van der Waals surface area contributed by atoms with E-state index in [1.165, 1.54) is 0 Å². The number of hydrazine groups is 1. The zero-order valence-corrected chi connectivity index (χ0v) is 23.6. The molecule has 4 aliphatic rings. The summed E-state index contributed by atoms with van der Waals surface area (Å²) in [6.45, 7) is 2.40. The van der Waals surface area contributed by atoms with Crippen molar-refractivity contribution in [3.05, 3.63) is 56.0 Å². The molecule has 0 aromatic heterocycles. The number of anilines is 2. The van der Waals surface area contributed by atoms with Gasteiger partial charge in [0.05, 0.1) is 35.8 Å². The Morgan fingerprint density at radius 2 is 1.64 bits per heavy atom. The Kier molecular flexibility index (Phi) is 7.20. The molecule has 0 unspecified atom stereocenters. The predicted molar refractivity (Wildman–Crippen MR) is 149 cm³/mol. The molecule has 0 aliphatic carbocycles. The van der Waals surface area contributed by atoms with E-state index in [0.29, 0.717) is 71.3 Å². The zero-order valence-electron chi connectivity index (χ0n) is 20.6. The minimum Gasteiger partial charge on any atom is -0.379 e. The van der Waals surface area contributed by atoms with Crippen LogP contribution in [0.2, 0.25) is 20.1 Å². The second-order valence-electron chi connectivity index (χ2n) is 10.2. The van der Waals surface area contributed by atoms with Gasteiger partial charge in [0.15, 0.2) is 0 Å². The monoisotopic (exact) mass is 611 g/mol. The fourth-order valence-corrected chi connectivity index (χ4v) is 7.69. The Labute approximate surface area is 245 Å². The molecule has 6 rings (SSSR count). The van der Waals surface area contributed by atoms with Crippen LogP contribution in [-0.4, -0.2) is 66.5 Å². The minimum atomic E-state index is -1.48. The van der Waals surface area contributed by atoms with Crippen LogP contribution in [0.3, 0.4) is 0 Å². The van der Waals surface area contributed by atoms with Gasteiger partial charge in [0.1, 0.15) is 5.54 Å². The maximum atomic E-state index is 14.2. The van der Waals surface area contributed by atoms with Crippen molar-refractivity contribution in [1.82, 2.24) is 15.3 Å². The molecule has 4 atom stereocenters. The summed E-state index contributed by atoms with van der Waals surface area (Å²) in [7, 11) is 0. The molecule has 4 aliphatic heterocycles. The van der Waals surface area contributed by atoms with Gasteiger partial charge in [0.2, 0.25) is 11.8 Å². The van der Waals surface area contributed by atoms with Gasteiger partial charge in [-0.3, -0.25) is 24.7 Å². The molecule has 0 radical (unpaired) electrons. The van der Waals surface area contributed by atoms with Gasteiger partial charge in [0, 0.05) is 45.5 Å². The molecule has 0 bridgehead atoms. The van der Waals surface area contributed by atoms with Gasteiger partial charge in [-0.1, -0.05) is 46.4 Å². The number of ether oxygens (including phenoxy) is 1. The van der Waals surface area contributed by atoms with Crippen molar-refractivity contribution in [3.63, 3.8) is 0 Å². The molecule has 4 heterocycles. The van der Waals surface area contributed by atoms with Crippen LogP contribution >= 0.6 is 46.4 Å². The van der Waals surface area contributed by atoms with E-state index in [2.05, 4.69) is 16.1 Å². The maximum absolute atomic E-state index is 14.2. The van der Waals surface area contributed by atoms with Crippen LogP contribution in [0.25, 0.3) is 0 Å². The first-order chi connectivity index (χ1) is 18.7. The summed E-state index contributed by atoms with van der Waals surface area (Å²) in [5, 5.41) is 8.88. The van der Waals surface area contributed by atoms with Gasteiger partial charge in [0.25, 0.3) is 5.91 Å². The molecule has 3 fully saturated rings. The molecule has 3 N–H and O–H groups in total. The summed E-state index contributed by atoms with van der Waals surface area (Å²) in [5.41, 5.74) is 2.80. The van der Waals surface area contributed by atoms with Crippen molar-refractivity contribution in [2.75, 3.05) is 43.5 Å². The number of benzene rings is 2. The first-order valence-corrected chi connectivity index (χ1v) is 14.2. The van der Waals surface area contributed by atoms with Crippen LogP contribution in [0.4, 0.5) is 11.4 Å². The van der Waals surface area contributed by atoms with E-state index in [4.69, 9.17) is 51.1 Å². The molecule has 2 aromatic carbocycles. The highest BCUT2D eigenvalue weighted by atomic mass is 35.5. The largest absolute Gasteiger partial charge is 0.379 e. The average Bonchev–Trinajstić information content (AvgIpc) is 3.53. The molecule has 3 amide bonds. The summed E-state index contributed by atoms with van der Waals surface area (Å²) in [5.74, 6) is -3.21. The van der Waals surface area contributed by atoms with Gasteiger partial charge >= 0.3 is 0 Å². The lowest BCUT2D eigenvalue weighted by Gasteiger charge is -2.38. The minimum absolute atomic E-state index is 0.271. The van der Waals surface area contributed by atoms with Crippen LogP contribution in [0.5, 0.6) is 0 Å². The maximum Gasteiger partial charge on any atom is 0.250 e. The van der Waals surface area contributed by atoms with Crippen molar-refractivity contribution in [2.45, 2.75) is 24.4 Å². The van der Waals surface area contributed by atoms with Crippen LogP contribution in [0.15, 0.2) is 30.3 Å². The number of carbonyl (C=O) groups is 3. The molecule has 2 aromatic rings. The van der Waals surface area contributed by atoms with Crippen molar-refractivity contribution in [2.24, 2.45) is 11.8 Å². The summed E-state index contributed by atoms with van der Waals surface area (Å²) in [4.78, 5) is 44.3. The predicted octanol–water partition coefficient (Wildman–Crippen LogP) is 4.16. The third kappa shape index (κ3) is 4.48. The quantitative estimate of drug-likeness (QED) is 0.479. The number of morpholine rings is 1. The molecule has 206 valence electrons. The number of carbonyl (C=O) groups excluding carboxylic acids is 3. The van der Waals surface area contributed by atoms with Crippen LogP contribution in [-0.2, 0) is 24.7 Å². The lowest BCUT2D eigenvalue weighted by molar-refractivity contribution is -0.144. The number of amides is 3. The molecule has 9 nitrogen and oxygen atoms in total. The van der Waals surface area contributed by atoms with Crippen molar-refractivity contribution in [1.29, 1.82) is 0 Å². The average molecular weight is 613 g/mol. The zero-order chi connectivity index (χ0) is 27.5. The highest BCUT2D eigenvalue weighted by Crippen LogP contribution is 2.59.